The second-order valence-corrected chi connectivity index (χ2v) is 4.71. The first kappa shape index (κ1) is 11.3. The monoisotopic (exact) mass is 260 g/mol. The minimum atomic E-state index is -0.0128. The van der Waals surface area contributed by atoms with Crippen LogP contribution in [0, 0.1) is 0 Å². The number of fused-ring (bicyclic) bond motifs is 1. The third-order valence-electron chi connectivity index (χ3n) is 2.87. The Morgan fingerprint density at radius 3 is 2.78 bits per heavy atom. The molecule has 0 bridgehead atoms. The van der Waals surface area contributed by atoms with Gasteiger partial charge >= 0.3 is 0 Å². The summed E-state index contributed by atoms with van der Waals surface area (Å²) in [4.78, 5) is 5.16. The van der Waals surface area contributed by atoms with E-state index in [0.717, 1.165) is 27.7 Å². The first-order valence-corrected chi connectivity index (χ1v) is 6.40. The molecule has 0 amide bonds. The number of hydrogen-bond acceptors (Lipinski definition) is 4. The largest absolute Gasteiger partial charge is 0.497 e. The van der Waals surface area contributed by atoms with Gasteiger partial charge in [0.1, 0.15) is 5.75 Å². The summed E-state index contributed by atoms with van der Waals surface area (Å²) in [6.07, 6.45) is 1.71. The molecule has 18 heavy (non-hydrogen) atoms. The molecule has 0 unspecified atom stereocenters. The Labute approximate surface area is 108 Å². The Kier molecular flexibility index (Phi) is 2.77. The average Bonchev–Trinajstić information content (AvgIpc) is 3.00. The summed E-state index contributed by atoms with van der Waals surface area (Å²) in [6, 6.07) is 7.85. The Hall–Kier alpha value is -1.85. The van der Waals surface area contributed by atoms with E-state index in [1.54, 1.807) is 24.6 Å². The zero-order valence-corrected chi connectivity index (χ0v) is 10.6. The number of aliphatic hydroxyl groups excluding tert-OH is 1. The van der Waals surface area contributed by atoms with Gasteiger partial charge in [-0.2, -0.15) is 0 Å². The highest BCUT2D eigenvalue weighted by molar-refractivity contribution is 7.15. The fourth-order valence-corrected chi connectivity index (χ4v) is 2.83. The van der Waals surface area contributed by atoms with Crippen molar-refractivity contribution in [2.75, 3.05) is 7.11 Å². The van der Waals surface area contributed by atoms with Gasteiger partial charge in [0, 0.05) is 5.38 Å². The maximum absolute atomic E-state index is 9.32. The van der Waals surface area contributed by atoms with Crippen LogP contribution in [-0.2, 0) is 6.61 Å². The Morgan fingerprint density at radius 1 is 1.33 bits per heavy atom. The lowest BCUT2D eigenvalue weighted by Crippen LogP contribution is -1.93. The smallest absolute Gasteiger partial charge is 0.194 e. The van der Waals surface area contributed by atoms with Crippen molar-refractivity contribution >= 4 is 16.3 Å². The molecule has 5 heteroatoms. The predicted molar refractivity (Wildman–Crippen MR) is 71.0 cm³/mol. The fourth-order valence-electron chi connectivity index (χ4n) is 1.94. The third-order valence-corrected chi connectivity index (χ3v) is 3.71. The fraction of sp³-hybridized carbons (Fsp3) is 0.154. The first-order chi connectivity index (χ1) is 8.83. The van der Waals surface area contributed by atoms with Crippen molar-refractivity contribution < 1.29 is 9.84 Å². The summed E-state index contributed by atoms with van der Waals surface area (Å²) in [5.41, 5.74) is 2.92. The third kappa shape index (κ3) is 1.68. The van der Waals surface area contributed by atoms with Crippen LogP contribution >= 0.6 is 11.3 Å². The molecule has 1 N–H and O–H groups in total. The molecule has 0 saturated carbocycles. The normalized spacial score (nSPS) is 11.0. The standard InChI is InChI=1S/C13H12N2O2S/c1-17-11-4-2-9(3-5-11)12-8-18-13-14-6-10(7-16)15(12)13/h2-6,8,16H,7H2,1H3. The summed E-state index contributed by atoms with van der Waals surface area (Å²) < 4.78 is 7.13. The van der Waals surface area contributed by atoms with Crippen molar-refractivity contribution in [2.24, 2.45) is 0 Å². The van der Waals surface area contributed by atoms with E-state index in [2.05, 4.69) is 4.98 Å². The van der Waals surface area contributed by atoms with Crippen molar-refractivity contribution in [1.29, 1.82) is 0 Å². The minimum Gasteiger partial charge on any atom is -0.497 e. The second-order valence-electron chi connectivity index (χ2n) is 3.88. The van der Waals surface area contributed by atoms with Gasteiger partial charge in [-0.3, -0.25) is 4.40 Å². The quantitative estimate of drug-likeness (QED) is 0.787. The molecule has 1 aromatic carbocycles. The van der Waals surface area contributed by atoms with E-state index >= 15 is 0 Å². The Balaban J connectivity index is 2.14. The molecule has 0 fully saturated rings. The number of hydrogen-bond donors (Lipinski definition) is 1. The number of aliphatic hydroxyl groups is 1. The predicted octanol–water partition coefficient (Wildman–Crippen LogP) is 2.56. The number of nitrogens with zero attached hydrogens (tertiary/aromatic N) is 2. The number of ether oxygens (including phenoxy) is 1. The van der Waals surface area contributed by atoms with Gasteiger partial charge in [0.25, 0.3) is 0 Å². The van der Waals surface area contributed by atoms with Crippen LogP contribution in [0.15, 0.2) is 35.8 Å². The summed E-state index contributed by atoms with van der Waals surface area (Å²) in [7, 11) is 1.65. The van der Waals surface area contributed by atoms with Gasteiger partial charge in [-0.05, 0) is 29.8 Å². The van der Waals surface area contributed by atoms with E-state index in [9.17, 15) is 5.11 Å². The van der Waals surface area contributed by atoms with Crippen molar-refractivity contribution in [1.82, 2.24) is 9.38 Å². The van der Waals surface area contributed by atoms with Crippen LogP contribution in [0.4, 0.5) is 0 Å². The molecule has 0 atom stereocenters. The number of aromatic nitrogens is 2. The van der Waals surface area contributed by atoms with Crippen molar-refractivity contribution in [2.45, 2.75) is 6.61 Å². The van der Waals surface area contributed by atoms with Crippen LogP contribution in [0.1, 0.15) is 5.69 Å². The van der Waals surface area contributed by atoms with Crippen LogP contribution in [0.2, 0.25) is 0 Å². The molecule has 0 aliphatic heterocycles. The molecule has 0 aliphatic carbocycles. The van der Waals surface area contributed by atoms with Gasteiger partial charge in [0.15, 0.2) is 4.96 Å². The van der Waals surface area contributed by atoms with Gasteiger partial charge in [0.2, 0.25) is 0 Å². The van der Waals surface area contributed by atoms with E-state index in [-0.39, 0.29) is 6.61 Å². The SMILES string of the molecule is COc1ccc(-c2csc3ncc(CO)n23)cc1. The van der Waals surface area contributed by atoms with Gasteiger partial charge in [-0.25, -0.2) is 4.98 Å². The lowest BCUT2D eigenvalue weighted by molar-refractivity contribution is 0.276. The second kappa shape index (κ2) is 4.44. The van der Waals surface area contributed by atoms with E-state index < -0.39 is 0 Å². The zero-order chi connectivity index (χ0) is 12.5. The van der Waals surface area contributed by atoms with Gasteiger partial charge < -0.3 is 9.84 Å². The van der Waals surface area contributed by atoms with Gasteiger partial charge in [0.05, 0.1) is 31.3 Å². The highest BCUT2D eigenvalue weighted by Gasteiger charge is 2.11. The first-order valence-electron chi connectivity index (χ1n) is 5.52. The molecule has 0 aliphatic rings. The number of thiazole rings is 1. The summed E-state index contributed by atoms with van der Waals surface area (Å²) in [6.45, 7) is -0.0128. The molecule has 0 radical (unpaired) electrons. The van der Waals surface area contributed by atoms with E-state index in [1.807, 2.05) is 34.0 Å². The van der Waals surface area contributed by atoms with Gasteiger partial charge in [-0.15, -0.1) is 11.3 Å². The lowest BCUT2D eigenvalue weighted by Gasteiger charge is -2.04. The van der Waals surface area contributed by atoms with Crippen LogP contribution in [-0.4, -0.2) is 21.6 Å². The Bertz CT molecular complexity index is 670. The van der Waals surface area contributed by atoms with Crippen molar-refractivity contribution in [3.63, 3.8) is 0 Å². The molecule has 2 aromatic heterocycles. The summed E-state index contributed by atoms with van der Waals surface area (Å²) in [5, 5.41) is 11.4. The maximum atomic E-state index is 9.32. The number of rotatable bonds is 3. The van der Waals surface area contributed by atoms with Crippen molar-refractivity contribution in [3.8, 4) is 17.0 Å². The Morgan fingerprint density at radius 2 is 2.11 bits per heavy atom. The minimum absolute atomic E-state index is 0.0128. The van der Waals surface area contributed by atoms with Gasteiger partial charge in [-0.1, -0.05) is 0 Å². The summed E-state index contributed by atoms with van der Waals surface area (Å²) in [5.74, 6) is 0.832. The highest BCUT2D eigenvalue weighted by atomic mass is 32.1. The van der Waals surface area contributed by atoms with Crippen LogP contribution in [0.5, 0.6) is 5.75 Å². The number of methoxy groups -OCH3 is 1. The van der Waals surface area contributed by atoms with E-state index in [0.29, 0.717) is 0 Å². The maximum Gasteiger partial charge on any atom is 0.194 e. The molecular formula is C13H12N2O2S. The molecule has 3 rings (SSSR count). The van der Waals surface area contributed by atoms with E-state index in [1.165, 1.54) is 0 Å². The van der Waals surface area contributed by atoms with E-state index in [4.69, 9.17) is 4.74 Å². The lowest BCUT2D eigenvalue weighted by atomic mass is 10.1. The van der Waals surface area contributed by atoms with Crippen LogP contribution < -0.4 is 4.74 Å². The number of imidazole rings is 1. The average molecular weight is 260 g/mol. The van der Waals surface area contributed by atoms with Crippen LogP contribution in [0.3, 0.4) is 0 Å². The number of benzene rings is 1. The molecule has 0 spiro atoms. The molecule has 92 valence electrons. The molecule has 3 aromatic rings. The molecule has 2 heterocycles. The molecule has 4 nitrogen and oxygen atoms in total. The van der Waals surface area contributed by atoms with Crippen LogP contribution in [0.25, 0.3) is 16.2 Å². The highest BCUT2D eigenvalue weighted by Crippen LogP contribution is 2.28. The molecule has 0 saturated heterocycles. The van der Waals surface area contributed by atoms with Crippen molar-refractivity contribution in [3.05, 3.63) is 41.5 Å². The molecular weight excluding hydrogens is 248 g/mol. The zero-order valence-electron chi connectivity index (χ0n) is 9.83. The topological polar surface area (TPSA) is 46.8 Å². The summed E-state index contributed by atoms with van der Waals surface area (Å²) >= 11 is 1.56.